The van der Waals surface area contributed by atoms with Gasteiger partial charge in [0.25, 0.3) is 5.91 Å². The Morgan fingerprint density at radius 1 is 1.50 bits per heavy atom. The number of halogens is 1. The molecule has 0 unspecified atom stereocenters. The Morgan fingerprint density at radius 2 is 2.31 bits per heavy atom. The van der Waals surface area contributed by atoms with Crippen LogP contribution in [-0.4, -0.2) is 16.0 Å². The van der Waals surface area contributed by atoms with Crippen LogP contribution in [0.5, 0.6) is 0 Å². The van der Waals surface area contributed by atoms with Gasteiger partial charge in [-0.25, -0.2) is 0 Å². The van der Waals surface area contributed by atoms with Crippen molar-refractivity contribution in [3.8, 4) is 0 Å². The van der Waals surface area contributed by atoms with E-state index in [-0.39, 0.29) is 5.91 Å². The smallest absolute Gasteiger partial charge is 0.260 e. The van der Waals surface area contributed by atoms with Crippen LogP contribution >= 0.6 is 11.6 Å². The Balaban J connectivity index is 2.21. The monoisotopic (exact) mass is 237 g/mol. The molecule has 0 saturated carbocycles. The molecule has 2 rings (SSSR count). The molecular formula is C10H8ClN3O2. The second-order valence-corrected chi connectivity index (χ2v) is 3.51. The van der Waals surface area contributed by atoms with Gasteiger partial charge < -0.3 is 9.84 Å². The van der Waals surface area contributed by atoms with E-state index in [1.165, 1.54) is 12.4 Å². The maximum atomic E-state index is 11.8. The summed E-state index contributed by atoms with van der Waals surface area (Å²) in [5.41, 5.74) is 0.828. The molecule has 0 fully saturated rings. The third kappa shape index (κ3) is 2.04. The number of carbonyl (C=O) groups is 1. The van der Waals surface area contributed by atoms with E-state index in [0.29, 0.717) is 22.0 Å². The molecule has 5 nitrogen and oxygen atoms in total. The summed E-state index contributed by atoms with van der Waals surface area (Å²) < 4.78 is 4.79. The highest BCUT2D eigenvalue weighted by atomic mass is 35.5. The van der Waals surface area contributed by atoms with Gasteiger partial charge in [-0.2, -0.15) is 0 Å². The normalized spacial score (nSPS) is 10.1. The maximum Gasteiger partial charge on any atom is 0.260 e. The number of aromatic nitrogens is 2. The van der Waals surface area contributed by atoms with Gasteiger partial charge >= 0.3 is 0 Å². The van der Waals surface area contributed by atoms with Crippen molar-refractivity contribution >= 4 is 23.2 Å². The molecule has 0 aliphatic rings. The van der Waals surface area contributed by atoms with Gasteiger partial charge in [-0.15, -0.1) is 0 Å². The number of rotatable bonds is 2. The van der Waals surface area contributed by atoms with Gasteiger partial charge in [0.2, 0.25) is 0 Å². The first-order valence-corrected chi connectivity index (χ1v) is 4.88. The largest absolute Gasteiger partial charge is 0.361 e. The molecule has 1 N–H and O–H groups in total. The van der Waals surface area contributed by atoms with Crippen LogP contribution in [-0.2, 0) is 0 Å². The summed E-state index contributed by atoms with van der Waals surface area (Å²) in [6.45, 7) is 1.66. The third-order valence-electron chi connectivity index (χ3n) is 2.01. The highest BCUT2D eigenvalue weighted by Crippen LogP contribution is 2.20. The van der Waals surface area contributed by atoms with Crippen molar-refractivity contribution < 1.29 is 9.32 Å². The SMILES string of the molecule is Cc1oncc1C(=O)Nc1cnccc1Cl. The minimum atomic E-state index is -0.325. The van der Waals surface area contributed by atoms with Crippen molar-refractivity contribution in [2.24, 2.45) is 0 Å². The van der Waals surface area contributed by atoms with E-state index in [9.17, 15) is 4.79 Å². The zero-order valence-corrected chi connectivity index (χ0v) is 9.15. The van der Waals surface area contributed by atoms with E-state index in [1.54, 1.807) is 19.2 Å². The van der Waals surface area contributed by atoms with Gasteiger partial charge in [0.05, 0.1) is 23.1 Å². The lowest BCUT2D eigenvalue weighted by Crippen LogP contribution is -2.12. The van der Waals surface area contributed by atoms with Crippen LogP contribution in [0.15, 0.2) is 29.2 Å². The zero-order chi connectivity index (χ0) is 11.5. The fraction of sp³-hybridized carbons (Fsp3) is 0.100. The molecule has 0 aromatic carbocycles. The van der Waals surface area contributed by atoms with E-state index in [0.717, 1.165) is 0 Å². The first-order chi connectivity index (χ1) is 7.68. The predicted octanol–water partition coefficient (Wildman–Crippen LogP) is 2.28. The molecule has 6 heteroatoms. The van der Waals surface area contributed by atoms with Crippen LogP contribution in [0.2, 0.25) is 5.02 Å². The summed E-state index contributed by atoms with van der Waals surface area (Å²) >= 11 is 5.88. The maximum absolute atomic E-state index is 11.8. The van der Waals surface area contributed by atoms with Crippen molar-refractivity contribution in [2.75, 3.05) is 5.32 Å². The average Bonchev–Trinajstić information content (AvgIpc) is 2.68. The quantitative estimate of drug-likeness (QED) is 0.870. The fourth-order valence-electron chi connectivity index (χ4n) is 1.18. The molecule has 0 atom stereocenters. The second-order valence-electron chi connectivity index (χ2n) is 3.11. The van der Waals surface area contributed by atoms with Crippen LogP contribution in [0.25, 0.3) is 0 Å². The van der Waals surface area contributed by atoms with Gasteiger partial charge in [0.15, 0.2) is 0 Å². The van der Waals surface area contributed by atoms with Crippen molar-refractivity contribution in [3.05, 3.63) is 41.0 Å². The second kappa shape index (κ2) is 4.32. The van der Waals surface area contributed by atoms with E-state index >= 15 is 0 Å². The Morgan fingerprint density at radius 3 is 2.94 bits per heavy atom. The predicted molar refractivity (Wildman–Crippen MR) is 58.4 cm³/mol. The van der Waals surface area contributed by atoms with Gasteiger partial charge in [0.1, 0.15) is 11.3 Å². The molecule has 1 amide bonds. The molecule has 2 aromatic heterocycles. The Bertz CT molecular complexity index is 524. The average molecular weight is 238 g/mol. The number of pyridine rings is 1. The molecule has 0 saturated heterocycles. The van der Waals surface area contributed by atoms with Gasteiger partial charge in [-0.05, 0) is 13.0 Å². The molecule has 0 radical (unpaired) electrons. The molecule has 82 valence electrons. The molecule has 0 bridgehead atoms. The van der Waals surface area contributed by atoms with E-state index < -0.39 is 0 Å². The number of anilines is 1. The standard InChI is InChI=1S/C10H8ClN3O2/c1-6-7(4-13-16-6)10(15)14-9-5-12-3-2-8(9)11/h2-5H,1H3,(H,14,15). The van der Waals surface area contributed by atoms with Crippen LogP contribution in [0.3, 0.4) is 0 Å². The molecular weight excluding hydrogens is 230 g/mol. The Labute approximate surface area is 96.4 Å². The lowest BCUT2D eigenvalue weighted by atomic mass is 10.2. The molecule has 2 heterocycles. The van der Waals surface area contributed by atoms with Crippen LogP contribution in [0.1, 0.15) is 16.1 Å². The zero-order valence-electron chi connectivity index (χ0n) is 8.40. The number of amides is 1. The lowest BCUT2D eigenvalue weighted by molar-refractivity contribution is 0.102. The van der Waals surface area contributed by atoms with Crippen LogP contribution in [0.4, 0.5) is 5.69 Å². The van der Waals surface area contributed by atoms with Crippen LogP contribution in [0, 0.1) is 6.92 Å². The molecule has 0 spiro atoms. The fourth-order valence-corrected chi connectivity index (χ4v) is 1.33. The third-order valence-corrected chi connectivity index (χ3v) is 2.34. The molecule has 16 heavy (non-hydrogen) atoms. The Kier molecular flexibility index (Phi) is 2.87. The lowest BCUT2D eigenvalue weighted by Gasteiger charge is -2.04. The number of hydrogen-bond donors (Lipinski definition) is 1. The highest BCUT2D eigenvalue weighted by Gasteiger charge is 2.13. The van der Waals surface area contributed by atoms with Crippen molar-refractivity contribution in [1.29, 1.82) is 0 Å². The number of carbonyl (C=O) groups excluding carboxylic acids is 1. The van der Waals surface area contributed by atoms with Crippen molar-refractivity contribution in [3.63, 3.8) is 0 Å². The number of nitrogens with one attached hydrogen (secondary N) is 1. The summed E-state index contributed by atoms with van der Waals surface area (Å²) in [5, 5.41) is 6.57. The summed E-state index contributed by atoms with van der Waals surface area (Å²) in [7, 11) is 0. The topological polar surface area (TPSA) is 68.0 Å². The van der Waals surface area contributed by atoms with Gasteiger partial charge in [0, 0.05) is 6.20 Å². The van der Waals surface area contributed by atoms with Gasteiger partial charge in [-0.3, -0.25) is 9.78 Å². The first-order valence-electron chi connectivity index (χ1n) is 4.50. The first kappa shape index (κ1) is 10.6. The highest BCUT2D eigenvalue weighted by molar-refractivity contribution is 6.33. The molecule has 0 aliphatic heterocycles. The summed E-state index contributed by atoms with van der Waals surface area (Å²) in [6, 6.07) is 1.59. The number of nitrogens with zero attached hydrogens (tertiary/aromatic N) is 2. The van der Waals surface area contributed by atoms with E-state index in [1.807, 2.05) is 0 Å². The Hall–Kier alpha value is -1.88. The molecule has 2 aromatic rings. The van der Waals surface area contributed by atoms with Gasteiger partial charge in [-0.1, -0.05) is 16.8 Å². The van der Waals surface area contributed by atoms with Crippen molar-refractivity contribution in [2.45, 2.75) is 6.92 Å². The minimum absolute atomic E-state index is 0.325. The summed E-state index contributed by atoms with van der Waals surface area (Å²) in [5.74, 6) is 0.131. The van der Waals surface area contributed by atoms with Crippen molar-refractivity contribution in [1.82, 2.24) is 10.1 Å². The number of hydrogen-bond acceptors (Lipinski definition) is 4. The summed E-state index contributed by atoms with van der Waals surface area (Å²) in [6.07, 6.45) is 4.38. The van der Waals surface area contributed by atoms with E-state index in [2.05, 4.69) is 15.5 Å². The summed E-state index contributed by atoms with van der Waals surface area (Å²) in [4.78, 5) is 15.6. The van der Waals surface area contributed by atoms with Crippen LogP contribution < -0.4 is 5.32 Å². The molecule has 0 aliphatic carbocycles. The number of aryl methyl sites for hydroxylation is 1. The minimum Gasteiger partial charge on any atom is -0.361 e. The van der Waals surface area contributed by atoms with E-state index in [4.69, 9.17) is 16.1 Å².